The summed E-state index contributed by atoms with van der Waals surface area (Å²) in [6.07, 6.45) is 28.6. The first kappa shape index (κ1) is 49.8. The summed E-state index contributed by atoms with van der Waals surface area (Å²) in [5.74, 6) is 1.08. The molecule has 0 aliphatic carbocycles. The number of ether oxygens (including phenoxy) is 5. The summed E-state index contributed by atoms with van der Waals surface area (Å²) in [6, 6.07) is 5.48. The summed E-state index contributed by atoms with van der Waals surface area (Å²) in [6.45, 7) is 12.2. The minimum absolute atomic E-state index is 0.0490. The van der Waals surface area contributed by atoms with E-state index in [2.05, 4.69) is 33.0 Å². The van der Waals surface area contributed by atoms with Crippen molar-refractivity contribution in [1.29, 1.82) is 0 Å². The van der Waals surface area contributed by atoms with E-state index in [4.69, 9.17) is 23.7 Å². The van der Waals surface area contributed by atoms with Gasteiger partial charge in [-0.25, -0.2) is 0 Å². The predicted octanol–water partition coefficient (Wildman–Crippen LogP) is 12.6. The lowest BCUT2D eigenvalue weighted by Gasteiger charge is -2.44. The Hall–Kier alpha value is -2.32. The Morgan fingerprint density at radius 1 is 0.643 bits per heavy atom. The van der Waals surface area contributed by atoms with Gasteiger partial charge < -0.3 is 29.0 Å². The van der Waals surface area contributed by atoms with Crippen LogP contribution in [0.4, 0.5) is 0 Å². The molecule has 1 aliphatic rings. The number of unbranched alkanes of at least 4 members (excludes halogenated alkanes) is 20. The van der Waals surface area contributed by atoms with E-state index in [-0.39, 0.29) is 30.3 Å². The van der Waals surface area contributed by atoms with Crippen LogP contribution in [-0.2, 0) is 30.2 Å². The monoisotopic (exact) mass is 788 g/mol. The highest BCUT2D eigenvalue weighted by molar-refractivity contribution is 5.76. The van der Waals surface area contributed by atoms with Crippen LogP contribution in [0.1, 0.15) is 207 Å². The molecule has 1 N–H and O–H groups in total. The topological polar surface area (TPSA) is 92.3 Å². The van der Waals surface area contributed by atoms with Crippen molar-refractivity contribution in [3.8, 4) is 11.5 Å². The number of rotatable bonds is 35. The molecule has 1 aromatic carbocycles. The second-order valence-corrected chi connectivity index (χ2v) is 16.4. The molecule has 324 valence electrons. The van der Waals surface area contributed by atoms with E-state index in [0.29, 0.717) is 26.1 Å². The molecule has 56 heavy (non-hydrogen) atoms. The van der Waals surface area contributed by atoms with Gasteiger partial charge in [-0.15, -0.1) is 0 Å². The van der Waals surface area contributed by atoms with Crippen molar-refractivity contribution in [2.75, 3.05) is 20.3 Å². The molecule has 1 saturated heterocycles. The van der Waals surface area contributed by atoms with E-state index in [0.717, 1.165) is 62.0 Å². The highest BCUT2D eigenvalue weighted by atomic mass is 16.7. The van der Waals surface area contributed by atoms with Crippen molar-refractivity contribution >= 4 is 11.9 Å². The summed E-state index contributed by atoms with van der Waals surface area (Å²) < 4.78 is 30.7. The molecular formula is C48H85NO7. The zero-order chi connectivity index (χ0) is 40.6. The fourth-order valence-corrected chi connectivity index (χ4v) is 7.81. The second kappa shape index (κ2) is 32.6. The van der Waals surface area contributed by atoms with Crippen LogP contribution < -0.4 is 14.8 Å². The fraction of sp³-hybridized carbons (Fsp3) is 0.833. The number of esters is 1. The largest absolute Gasteiger partial charge is 0.490 e. The van der Waals surface area contributed by atoms with Gasteiger partial charge >= 0.3 is 5.97 Å². The first-order chi connectivity index (χ1) is 27.4. The second-order valence-electron chi connectivity index (χ2n) is 16.4. The van der Waals surface area contributed by atoms with Gasteiger partial charge in [0.1, 0.15) is 12.1 Å². The lowest BCUT2D eigenvalue weighted by molar-refractivity contribution is -0.245. The maximum absolute atomic E-state index is 13.5. The Balaban J connectivity index is 1.95. The van der Waals surface area contributed by atoms with Crippen LogP contribution in [0.15, 0.2) is 18.2 Å². The van der Waals surface area contributed by atoms with Crippen molar-refractivity contribution in [1.82, 2.24) is 5.32 Å². The molecule has 1 aliphatic heterocycles. The molecule has 0 aromatic heterocycles. The number of carbonyl (C=O) groups excluding carboxylic acids is 2. The average molecular weight is 788 g/mol. The van der Waals surface area contributed by atoms with Gasteiger partial charge in [-0.1, -0.05) is 169 Å². The van der Waals surface area contributed by atoms with Crippen LogP contribution >= 0.6 is 0 Å². The average Bonchev–Trinajstić information content (AvgIpc) is 3.20. The first-order valence-corrected chi connectivity index (χ1v) is 23.4. The van der Waals surface area contributed by atoms with E-state index in [1.165, 1.54) is 109 Å². The van der Waals surface area contributed by atoms with Crippen molar-refractivity contribution in [3.63, 3.8) is 0 Å². The molecule has 0 unspecified atom stereocenters. The Morgan fingerprint density at radius 3 is 1.66 bits per heavy atom. The standard InChI is InChI=1S/C48H85NO7/c1-7-11-14-17-20-21-22-23-24-25-28-31-44(50)49-46-47(39(5)41(10-4)55-48(46)52-6)56-45(51)35-33-40-32-34-42(53-36-29-26-18-15-12-8-2)43(38-40)54-37-30-27-19-16-13-9-3/h32,34,38-39,41,46-48H,7-31,33,35-37H2,1-6H3,(H,49,50)/t39-,41-,46-,47+,48+/m1/s1. The number of amides is 1. The molecular weight excluding hydrogens is 703 g/mol. The van der Waals surface area contributed by atoms with Crippen LogP contribution in [0.2, 0.25) is 0 Å². The van der Waals surface area contributed by atoms with E-state index >= 15 is 0 Å². The predicted molar refractivity (Wildman–Crippen MR) is 231 cm³/mol. The molecule has 0 radical (unpaired) electrons. The van der Waals surface area contributed by atoms with Gasteiger partial charge in [0.2, 0.25) is 5.91 Å². The molecule has 0 saturated carbocycles. The van der Waals surface area contributed by atoms with E-state index in [1.54, 1.807) is 7.11 Å². The SMILES string of the molecule is CCCCCCCCCCCCCC(=O)N[C@H]1[C@@H](OC)O[C@H](CC)[C@@H](C)[C@@H]1OC(=O)CCc1ccc(OCCCCCCCC)c(OCCCCCCCC)c1. The number of benzene rings is 1. The Labute approximate surface area is 343 Å². The van der Waals surface area contributed by atoms with Crippen LogP contribution in [0.3, 0.4) is 0 Å². The van der Waals surface area contributed by atoms with Gasteiger partial charge in [0.15, 0.2) is 17.8 Å². The van der Waals surface area contributed by atoms with Crippen molar-refractivity contribution < 1.29 is 33.3 Å². The molecule has 1 aromatic rings. The Kier molecular flexibility index (Phi) is 29.0. The van der Waals surface area contributed by atoms with Crippen molar-refractivity contribution in [2.24, 2.45) is 5.92 Å². The maximum Gasteiger partial charge on any atom is 0.306 e. The van der Waals surface area contributed by atoms with Gasteiger partial charge in [0, 0.05) is 25.9 Å². The zero-order valence-corrected chi connectivity index (χ0v) is 37.0. The van der Waals surface area contributed by atoms with Gasteiger partial charge in [0.25, 0.3) is 0 Å². The smallest absolute Gasteiger partial charge is 0.306 e. The first-order valence-electron chi connectivity index (χ1n) is 23.4. The number of nitrogens with one attached hydrogen (secondary N) is 1. The number of aryl methyl sites for hydroxylation is 1. The zero-order valence-electron chi connectivity index (χ0n) is 37.0. The third-order valence-electron chi connectivity index (χ3n) is 11.4. The molecule has 8 heteroatoms. The van der Waals surface area contributed by atoms with Gasteiger partial charge in [0.05, 0.1) is 19.3 Å². The summed E-state index contributed by atoms with van der Waals surface area (Å²) in [7, 11) is 1.59. The molecule has 1 amide bonds. The van der Waals surface area contributed by atoms with Crippen LogP contribution in [0.25, 0.3) is 0 Å². The minimum Gasteiger partial charge on any atom is -0.490 e. The third kappa shape index (κ3) is 21.4. The summed E-state index contributed by atoms with van der Waals surface area (Å²) >= 11 is 0. The van der Waals surface area contributed by atoms with Gasteiger partial charge in [-0.3, -0.25) is 9.59 Å². The summed E-state index contributed by atoms with van der Waals surface area (Å²) in [4.78, 5) is 26.7. The number of methoxy groups -OCH3 is 1. The fourth-order valence-electron chi connectivity index (χ4n) is 7.81. The molecule has 2 rings (SSSR count). The Morgan fingerprint density at radius 2 is 1.14 bits per heavy atom. The van der Waals surface area contributed by atoms with E-state index < -0.39 is 18.4 Å². The molecule has 1 fully saturated rings. The minimum atomic E-state index is -0.689. The molecule has 1 heterocycles. The summed E-state index contributed by atoms with van der Waals surface area (Å²) in [5.41, 5.74) is 1.00. The lowest BCUT2D eigenvalue weighted by atomic mass is 9.87. The molecule has 8 nitrogen and oxygen atoms in total. The van der Waals surface area contributed by atoms with Gasteiger partial charge in [-0.05, 0) is 49.8 Å². The quantitative estimate of drug-likeness (QED) is 0.0541. The van der Waals surface area contributed by atoms with Crippen LogP contribution in [-0.4, -0.2) is 56.7 Å². The highest BCUT2D eigenvalue weighted by Gasteiger charge is 2.46. The number of hydrogen-bond acceptors (Lipinski definition) is 7. The third-order valence-corrected chi connectivity index (χ3v) is 11.4. The van der Waals surface area contributed by atoms with Crippen molar-refractivity contribution in [3.05, 3.63) is 23.8 Å². The van der Waals surface area contributed by atoms with E-state index in [1.807, 2.05) is 25.1 Å². The van der Waals surface area contributed by atoms with Crippen molar-refractivity contribution in [2.45, 2.75) is 233 Å². The maximum atomic E-state index is 13.5. The normalized spacial score (nSPS) is 19.5. The highest BCUT2D eigenvalue weighted by Crippen LogP contribution is 2.32. The Bertz CT molecular complexity index is 1130. The lowest BCUT2D eigenvalue weighted by Crippen LogP contribution is -2.62. The molecule has 0 bridgehead atoms. The van der Waals surface area contributed by atoms with Gasteiger partial charge in [-0.2, -0.15) is 0 Å². The summed E-state index contributed by atoms with van der Waals surface area (Å²) in [5, 5.41) is 3.15. The van der Waals surface area contributed by atoms with Crippen LogP contribution in [0.5, 0.6) is 11.5 Å². The van der Waals surface area contributed by atoms with Crippen LogP contribution in [0, 0.1) is 5.92 Å². The molecule has 0 spiro atoms. The van der Waals surface area contributed by atoms with E-state index in [9.17, 15) is 9.59 Å². The molecule has 5 atom stereocenters. The number of carbonyl (C=O) groups is 2. The number of hydrogen-bond donors (Lipinski definition) is 1.